The van der Waals surface area contributed by atoms with Crippen LogP contribution in [0.15, 0.2) is 24.3 Å². The largest absolute Gasteiger partial charge is 0.352 e. The van der Waals surface area contributed by atoms with Crippen molar-refractivity contribution in [1.82, 2.24) is 15.2 Å². The quantitative estimate of drug-likeness (QED) is 0.831. The smallest absolute Gasteiger partial charge is 0.223 e. The van der Waals surface area contributed by atoms with E-state index in [4.69, 9.17) is 4.98 Å². The van der Waals surface area contributed by atoms with E-state index in [0.717, 1.165) is 49.8 Å². The van der Waals surface area contributed by atoms with Gasteiger partial charge in [0.05, 0.1) is 5.69 Å². The summed E-state index contributed by atoms with van der Waals surface area (Å²) in [5, 5.41) is 3.87. The SMILES string of the molecule is CC(=O)N1CCN(c2nc3c(s2)C[C@H](C(=O)NCc2ccccc2F)CC3)CC1. The average Bonchev–Trinajstić information content (AvgIpc) is 3.16. The molecule has 1 saturated heterocycles. The lowest BCUT2D eigenvalue weighted by atomic mass is 9.90. The van der Waals surface area contributed by atoms with Crippen molar-refractivity contribution in [2.75, 3.05) is 31.1 Å². The summed E-state index contributed by atoms with van der Waals surface area (Å²) in [4.78, 5) is 34.2. The van der Waals surface area contributed by atoms with Crippen LogP contribution in [-0.4, -0.2) is 47.9 Å². The molecule has 8 heteroatoms. The van der Waals surface area contributed by atoms with Crippen LogP contribution >= 0.6 is 11.3 Å². The molecule has 0 unspecified atom stereocenters. The van der Waals surface area contributed by atoms with Crippen LogP contribution in [0.3, 0.4) is 0 Å². The second kappa shape index (κ2) is 8.49. The van der Waals surface area contributed by atoms with Crippen molar-refractivity contribution in [3.05, 3.63) is 46.2 Å². The second-order valence-corrected chi connectivity index (χ2v) is 8.67. The Morgan fingerprint density at radius 1 is 1.24 bits per heavy atom. The van der Waals surface area contributed by atoms with Crippen molar-refractivity contribution in [2.45, 2.75) is 32.7 Å². The van der Waals surface area contributed by atoms with Gasteiger partial charge in [-0.3, -0.25) is 9.59 Å². The number of anilines is 1. The van der Waals surface area contributed by atoms with Crippen molar-refractivity contribution >= 4 is 28.3 Å². The van der Waals surface area contributed by atoms with Crippen LogP contribution in [0, 0.1) is 11.7 Å². The fraction of sp³-hybridized carbons (Fsp3) is 0.476. The number of nitrogens with zero attached hydrogens (tertiary/aromatic N) is 3. The van der Waals surface area contributed by atoms with Crippen molar-refractivity contribution in [3.8, 4) is 0 Å². The molecule has 29 heavy (non-hydrogen) atoms. The van der Waals surface area contributed by atoms with Gasteiger partial charge in [-0.15, -0.1) is 11.3 Å². The number of hydrogen-bond donors (Lipinski definition) is 1. The molecule has 2 amide bonds. The number of thiazole rings is 1. The molecule has 0 radical (unpaired) electrons. The first-order valence-corrected chi connectivity index (χ1v) is 10.8. The van der Waals surface area contributed by atoms with Gasteiger partial charge in [-0.05, 0) is 25.3 Å². The van der Waals surface area contributed by atoms with E-state index in [9.17, 15) is 14.0 Å². The fourth-order valence-electron chi connectivity index (χ4n) is 3.90. The lowest BCUT2D eigenvalue weighted by Crippen LogP contribution is -2.48. The lowest BCUT2D eigenvalue weighted by Gasteiger charge is -2.33. The summed E-state index contributed by atoms with van der Waals surface area (Å²) < 4.78 is 13.7. The maximum absolute atomic E-state index is 13.7. The number of aromatic nitrogens is 1. The van der Waals surface area contributed by atoms with Gasteiger partial charge in [0.2, 0.25) is 11.8 Å². The van der Waals surface area contributed by atoms with E-state index in [1.54, 1.807) is 36.5 Å². The molecular weight excluding hydrogens is 391 g/mol. The van der Waals surface area contributed by atoms with Crippen LogP contribution < -0.4 is 10.2 Å². The molecular formula is C21H25FN4O2S. The Morgan fingerprint density at radius 2 is 2.00 bits per heavy atom. The molecule has 6 nitrogen and oxygen atoms in total. The van der Waals surface area contributed by atoms with Gasteiger partial charge < -0.3 is 15.1 Å². The number of carbonyl (C=O) groups excluding carboxylic acids is 2. The Bertz CT molecular complexity index is 908. The predicted molar refractivity (Wildman–Crippen MR) is 110 cm³/mol. The molecule has 154 valence electrons. The molecule has 0 bridgehead atoms. The van der Waals surface area contributed by atoms with Gasteiger partial charge in [0, 0.05) is 56.0 Å². The molecule has 1 aliphatic heterocycles. The van der Waals surface area contributed by atoms with Crippen molar-refractivity contribution in [3.63, 3.8) is 0 Å². The third-order valence-corrected chi connectivity index (χ3v) is 6.89. The number of aryl methyl sites for hydroxylation is 1. The highest BCUT2D eigenvalue weighted by atomic mass is 32.1. The van der Waals surface area contributed by atoms with E-state index in [0.29, 0.717) is 12.0 Å². The molecule has 1 fully saturated rings. The third kappa shape index (κ3) is 4.42. The monoisotopic (exact) mass is 416 g/mol. The molecule has 2 aromatic rings. The maximum atomic E-state index is 13.7. The van der Waals surface area contributed by atoms with E-state index in [-0.39, 0.29) is 30.1 Å². The van der Waals surface area contributed by atoms with Crippen molar-refractivity contribution in [1.29, 1.82) is 0 Å². The highest BCUT2D eigenvalue weighted by Crippen LogP contribution is 2.34. The zero-order chi connectivity index (χ0) is 20.4. The van der Waals surface area contributed by atoms with E-state index in [1.807, 2.05) is 4.90 Å². The third-order valence-electron chi connectivity index (χ3n) is 5.71. The first kappa shape index (κ1) is 19.8. The zero-order valence-corrected chi connectivity index (χ0v) is 17.3. The standard InChI is InChI=1S/C21H25FN4O2S/c1-14(27)25-8-10-26(11-9-25)21-24-18-7-6-15(12-19(18)29-21)20(28)23-13-16-4-2-3-5-17(16)22/h2-5,15H,6-13H2,1H3,(H,23,28)/t15-/m1/s1. The minimum Gasteiger partial charge on any atom is -0.352 e. The highest BCUT2D eigenvalue weighted by Gasteiger charge is 2.29. The number of benzene rings is 1. The maximum Gasteiger partial charge on any atom is 0.223 e. The molecule has 2 aliphatic rings. The van der Waals surface area contributed by atoms with E-state index in [2.05, 4.69) is 10.2 Å². The van der Waals surface area contributed by atoms with Crippen LogP contribution in [0.5, 0.6) is 0 Å². The molecule has 1 aromatic carbocycles. The van der Waals surface area contributed by atoms with Crippen molar-refractivity contribution in [2.24, 2.45) is 5.92 Å². The average molecular weight is 417 g/mol. The van der Waals surface area contributed by atoms with Gasteiger partial charge in [0.1, 0.15) is 5.82 Å². The number of rotatable bonds is 4. The number of amides is 2. The summed E-state index contributed by atoms with van der Waals surface area (Å²) in [5.74, 6) is -0.302. The van der Waals surface area contributed by atoms with Gasteiger partial charge >= 0.3 is 0 Å². The van der Waals surface area contributed by atoms with E-state index >= 15 is 0 Å². The molecule has 1 aromatic heterocycles. The van der Waals surface area contributed by atoms with Crippen LogP contribution in [0.25, 0.3) is 0 Å². The van der Waals surface area contributed by atoms with Gasteiger partial charge in [-0.2, -0.15) is 0 Å². The molecule has 0 spiro atoms. The molecule has 1 aliphatic carbocycles. The number of fused-ring (bicyclic) bond motifs is 1. The van der Waals surface area contributed by atoms with Crippen LogP contribution in [0.4, 0.5) is 9.52 Å². The molecule has 0 saturated carbocycles. The normalized spacial score (nSPS) is 19.0. The fourth-order valence-corrected chi connectivity index (χ4v) is 5.14. The molecule has 2 heterocycles. The first-order valence-electron chi connectivity index (χ1n) is 10.0. The molecule has 4 rings (SSSR count). The van der Waals surface area contributed by atoms with Gasteiger partial charge in [-0.25, -0.2) is 9.37 Å². The number of nitrogens with one attached hydrogen (secondary N) is 1. The lowest BCUT2D eigenvalue weighted by molar-refractivity contribution is -0.129. The highest BCUT2D eigenvalue weighted by molar-refractivity contribution is 7.15. The summed E-state index contributed by atoms with van der Waals surface area (Å²) in [7, 11) is 0. The Kier molecular flexibility index (Phi) is 5.80. The Hall–Kier alpha value is -2.48. The molecule has 1 N–H and O–H groups in total. The predicted octanol–water partition coefficient (Wildman–Crippen LogP) is 2.37. The minimum absolute atomic E-state index is 0.0241. The van der Waals surface area contributed by atoms with Crippen LogP contribution in [0.1, 0.15) is 29.5 Å². The van der Waals surface area contributed by atoms with E-state index < -0.39 is 0 Å². The first-order chi connectivity index (χ1) is 14.0. The van der Waals surface area contributed by atoms with Crippen LogP contribution in [0.2, 0.25) is 0 Å². The Morgan fingerprint density at radius 3 is 2.72 bits per heavy atom. The number of piperazine rings is 1. The minimum atomic E-state index is -0.296. The number of hydrogen-bond acceptors (Lipinski definition) is 5. The van der Waals surface area contributed by atoms with Crippen LogP contribution in [-0.2, 0) is 29.0 Å². The topological polar surface area (TPSA) is 65.5 Å². The summed E-state index contributed by atoms with van der Waals surface area (Å²) in [6.07, 6.45) is 2.23. The number of carbonyl (C=O) groups is 2. The summed E-state index contributed by atoms with van der Waals surface area (Å²) in [6, 6.07) is 6.51. The summed E-state index contributed by atoms with van der Waals surface area (Å²) in [6.45, 7) is 4.84. The van der Waals surface area contributed by atoms with E-state index in [1.165, 1.54) is 10.9 Å². The second-order valence-electron chi connectivity index (χ2n) is 7.61. The Balaban J connectivity index is 1.35. The number of halogens is 1. The molecule has 1 atom stereocenters. The summed E-state index contributed by atoms with van der Waals surface area (Å²) >= 11 is 1.66. The van der Waals surface area contributed by atoms with Crippen molar-refractivity contribution < 1.29 is 14.0 Å². The van der Waals surface area contributed by atoms with Gasteiger partial charge in [0.15, 0.2) is 5.13 Å². The Labute approximate surface area is 173 Å². The summed E-state index contributed by atoms with van der Waals surface area (Å²) in [5.41, 5.74) is 1.60. The van der Waals surface area contributed by atoms with Gasteiger partial charge in [-0.1, -0.05) is 18.2 Å². The zero-order valence-electron chi connectivity index (χ0n) is 16.5. The van der Waals surface area contributed by atoms with Gasteiger partial charge in [0.25, 0.3) is 0 Å².